The fraction of sp³-hybridized carbons (Fsp3) is 0.700. The van der Waals surface area contributed by atoms with Crippen LogP contribution in [0.2, 0.25) is 0 Å². The van der Waals surface area contributed by atoms with Gasteiger partial charge in [-0.3, -0.25) is 4.79 Å². The number of carboxylic acids is 1. The Bertz CT molecular complexity index is 232. The Kier molecular flexibility index (Phi) is 1.71. The highest BCUT2D eigenvalue weighted by atomic mass is 16.4. The largest absolute Gasteiger partial charge is 0.481 e. The van der Waals surface area contributed by atoms with Gasteiger partial charge in [0.2, 0.25) is 0 Å². The highest BCUT2D eigenvalue weighted by Gasteiger charge is 2.42. The van der Waals surface area contributed by atoms with Crippen molar-refractivity contribution in [3.8, 4) is 0 Å². The predicted molar refractivity (Wildman–Crippen MR) is 45.6 cm³/mol. The minimum Gasteiger partial charge on any atom is -0.481 e. The maximum absolute atomic E-state index is 10.6. The lowest BCUT2D eigenvalue weighted by Crippen LogP contribution is -2.19. The van der Waals surface area contributed by atoms with Gasteiger partial charge in [-0.05, 0) is 30.1 Å². The van der Waals surface area contributed by atoms with Crippen molar-refractivity contribution < 1.29 is 9.90 Å². The summed E-state index contributed by atoms with van der Waals surface area (Å²) in [5.74, 6) is 1.56. The molecule has 0 spiro atoms. The second-order valence-corrected chi connectivity index (χ2v) is 4.07. The van der Waals surface area contributed by atoms with Gasteiger partial charge in [-0.1, -0.05) is 19.1 Å². The Morgan fingerprint density at radius 1 is 1.50 bits per heavy atom. The molecule has 2 aliphatic carbocycles. The van der Waals surface area contributed by atoms with Crippen LogP contribution in [0.4, 0.5) is 0 Å². The van der Waals surface area contributed by atoms with E-state index in [-0.39, 0.29) is 0 Å². The molecule has 4 unspecified atom stereocenters. The molecule has 1 N–H and O–H groups in total. The molecule has 0 aliphatic heterocycles. The topological polar surface area (TPSA) is 37.3 Å². The quantitative estimate of drug-likeness (QED) is 0.636. The maximum atomic E-state index is 10.6. The summed E-state index contributed by atoms with van der Waals surface area (Å²) in [5, 5.41) is 8.70. The van der Waals surface area contributed by atoms with Crippen molar-refractivity contribution in [3.05, 3.63) is 12.2 Å². The molecule has 1 fully saturated rings. The summed E-state index contributed by atoms with van der Waals surface area (Å²) in [4.78, 5) is 10.6. The van der Waals surface area contributed by atoms with E-state index < -0.39 is 5.97 Å². The summed E-state index contributed by atoms with van der Waals surface area (Å²) < 4.78 is 0. The fourth-order valence-electron chi connectivity index (χ4n) is 2.71. The van der Waals surface area contributed by atoms with Crippen LogP contribution in [0.5, 0.6) is 0 Å². The van der Waals surface area contributed by atoms with Crippen molar-refractivity contribution in [2.24, 2.45) is 23.7 Å². The number of hydrogen-bond acceptors (Lipinski definition) is 1. The van der Waals surface area contributed by atoms with Gasteiger partial charge in [-0.2, -0.15) is 0 Å². The van der Waals surface area contributed by atoms with Crippen molar-refractivity contribution in [1.29, 1.82) is 0 Å². The van der Waals surface area contributed by atoms with Gasteiger partial charge in [0, 0.05) is 6.42 Å². The highest BCUT2D eigenvalue weighted by molar-refractivity contribution is 5.67. The molecular weight excluding hydrogens is 152 g/mol. The van der Waals surface area contributed by atoms with Gasteiger partial charge in [0.25, 0.3) is 0 Å². The number of fused-ring (bicyclic) bond motifs is 2. The Hall–Kier alpha value is -0.790. The normalized spacial score (nSPS) is 43.8. The van der Waals surface area contributed by atoms with E-state index in [0.717, 1.165) is 0 Å². The molecule has 2 heteroatoms. The molecule has 2 aliphatic rings. The highest BCUT2D eigenvalue weighted by Crippen LogP contribution is 2.48. The molecule has 0 aromatic carbocycles. The molecule has 0 amide bonds. The molecule has 1 saturated carbocycles. The van der Waals surface area contributed by atoms with Gasteiger partial charge >= 0.3 is 5.97 Å². The van der Waals surface area contributed by atoms with Crippen LogP contribution in [0, 0.1) is 23.7 Å². The van der Waals surface area contributed by atoms with E-state index in [1.54, 1.807) is 0 Å². The van der Waals surface area contributed by atoms with Crippen LogP contribution in [0.25, 0.3) is 0 Å². The van der Waals surface area contributed by atoms with E-state index in [9.17, 15) is 4.79 Å². The number of carboxylic acid groups (broad SMARTS) is 1. The smallest absolute Gasteiger partial charge is 0.303 e. The number of hydrogen-bond donors (Lipinski definition) is 1. The molecule has 0 saturated heterocycles. The van der Waals surface area contributed by atoms with Crippen LogP contribution in [-0.4, -0.2) is 11.1 Å². The van der Waals surface area contributed by atoms with E-state index in [1.807, 2.05) is 0 Å². The van der Waals surface area contributed by atoms with Crippen LogP contribution >= 0.6 is 0 Å². The first kappa shape index (κ1) is 7.84. The van der Waals surface area contributed by atoms with Gasteiger partial charge in [-0.25, -0.2) is 0 Å². The average molecular weight is 166 g/mol. The number of aliphatic carboxylic acids is 1. The SMILES string of the molecule is CC1C2C=CC(C2)C1CC(=O)O. The summed E-state index contributed by atoms with van der Waals surface area (Å²) in [7, 11) is 0. The van der Waals surface area contributed by atoms with Gasteiger partial charge in [0.15, 0.2) is 0 Å². The number of allylic oxidation sites excluding steroid dienone is 2. The first-order valence-corrected chi connectivity index (χ1v) is 4.58. The van der Waals surface area contributed by atoms with Crippen LogP contribution in [-0.2, 0) is 4.79 Å². The van der Waals surface area contributed by atoms with E-state index in [0.29, 0.717) is 30.1 Å². The second-order valence-electron chi connectivity index (χ2n) is 4.07. The minimum atomic E-state index is -0.646. The van der Waals surface area contributed by atoms with E-state index in [1.165, 1.54) is 6.42 Å². The lowest BCUT2D eigenvalue weighted by molar-refractivity contribution is -0.138. The maximum Gasteiger partial charge on any atom is 0.303 e. The predicted octanol–water partition coefficient (Wildman–Crippen LogP) is 1.92. The third-order valence-electron chi connectivity index (χ3n) is 3.46. The van der Waals surface area contributed by atoms with E-state index in [4.69, 9.17) is 5.11 Å². The van der Waals surface area contributed by atoms with Crippen LogP contribution in [0.15, 0.2) is 12.2 Å². The lowest BCUT2D eigenvalue weighted by atomic mass is 9.82. The van der Waals surface area contributed by atoms with E-state index in [2.05, 4.69) is 19.1 Å². The molecule has 2 rings (SSSR count). The van der Waals surface area contributed by atoms with Gasteiger partial charge in [-0.15, -0.1) is 0 Å². The van der Waals surface area contributed by atoms with E-state index >= 15 is 0 Å². The monoisotopic (exact) mass is 166 g/mol. The van der Waals surface area contributed by atoms with Crippen LogP contribution in [0.3, 0.4) is 0 Å². The summed E-state index contributed by atoms with van der Waals surface area (Å²) >= 11 is 0. The fourth-order valence-corrected chi connectivity index (χ4v) is 2.71. The lowest BCUT2D eigenvalue weighted by Gasteiger charge is -2.22. The third kappa shape index (κ3) is 1.06. The third-order valence-corrected chi connectivity index (χ3v) is 3.46. The molecule has 0 aromatic rings. The Labute approximate surface area is 72.3 Å². The molecule has 2 nitrogen and oxygen atoms in total. The van der Waals surface area contributed by atoms with Crippen molar-refractivity contribution in [3.63, 3.8) is 0 Å². The van der Waals surface area contributed by atoms with Crippen LogP contribution < -0.4 is 0 Å². The van der Waals surface area contributed by atoms with Gasteiger partial charge in [0.1, 0.15) is 0 Å². The minimum absolute atomic E-state index is 0.354. The zero-order valence-electron chi connectivity index (χ0n) is 7.23. The molecule has 66 valence electrons. The zero-order valence-corrected chi connectivity index (χ0v) is 7.23. The summed E-state index contributed by atoms with van der Waals surface area (Å²) in [6, 6.07) is 0. The Balaban J connectivity index is 2.08. The molecular formula is C10H14O2. The van der Waals surface area contributed by atoms with Crippen molar-refractivity contribution >= 4 is 5.97 Å². The van der Waals surface area contributed by atoms with Gasteiger partial charge < -0.3 is 5.11 Å². The second kappa shape index (κ2) is 2.61. The molecule has 0 heterocycles. The Morgan fingerprint density at radius 2 is 2.17 bits per heavy atom. The summed E-state index contributed by atoms with van der Waals surface area (Å²) in [6.07, 6.45) is 6.01. The Morgan fingerprint density at radius 3 is 2.67 bits per heavy atom. The van der Waals surface area contributed by atoms with Gasteiger partial charge in [0.05, 0.1) is 0 Å². The zero-order chi connectivity index (χ0) is 8.72. The number of carbonyl (C=O) groups is 1. The van der Waals surface area contributed by atoms with Crippen molar-refractivity contribution in [1.82, 2.24) is 0 Å². The summed E-state index contributed by atoms with van der Waals surface area (Å²) in [6.45, 7) is 2.18. The molecule has 2 bridgehead atoms. The first-order chi connectivity index (χ1) is 5.68. The van der Waals surface area contributed by atoms with Crippen molar-refractivity contribution in [2.45, 2.75) is 19.8 Å². The standard InChI is InChI=1S/C10H14O2/c1-6-7-2-3-8(4-7)9(6)5-10(11)12/h2-3,6-9H,4-5H2,1H3,(H,11,12). The first-order valence-electron chi connectivity index (χ1n) is 4.58. The summed E-state index contributed by atoms with van der Waals surface area (Å²) in [5.41, 5.74) is 0. The van der Waals surface area contributed by atoms with Crippen molar-refractivity contribution in [2.75, 3.05) is 0 Å². The molecule has 0 radical (unpaired) electrons. The molecule has 0 aromatic heterocycles. The molecule has 4 atom stereocenters. The number of rotatable bonds is 2. The average Bonchev–Trinajstić information content (AvgIpc) is 2.53. The van der Waals surface area contributed by atoms with Crippen LogP contribution in [0.1, 0.15) is 19.8 Å². The molecule has 12 heavy (non-hydrogen) atoms.